The molecule has 0 N–H and O–H groups in total. The lowest BCUT2D eigenvalue weighted by Gasteiger charge is -2.07. The normalized spacial score (nSPS) is 10.9. The molecule has 2 heterocycles. The Morgan fingerprint density at radius 3 is 2.91 bits per heavy atom. The van der Waals surface area contributed by atoms with Gasteiger partial charge in [-0.2, -0.15) is 0 Å². The number of allylic oxidation sites excluding steroid dienone is 1. The van der Waals surface area contributed by atoms with Crippen LogP contribution in [0, 0.1) is 6.92 Å². The van der Waals surface area contributed by atoms with Gasteiger partial charge in [-0.3, -0.25) is 4.57 Å². The summed E-state index contributed by atoms with van der Waals surface area (Å²) >= 11 is 7.66. The molecule has 0 atom stereocenters. The van der Waals surface area contributed by atoms with Crippen molar-refractivity contribution in [2.45, 2.75) is 24.4 Å². The van der Waals surface area contributed by atoms with Crippen LogP contribution in [0.2, 0.25) is 5.02 Å². The highest BCUT2D eigenvalue weighted by molar-refractivity contribution is 7.98. The van der Waals surface area contributed by atoms with Crippen molar-refractivity contribution in [1.82, 2.24) is 14.8 Å². The van der Waals surface area contributed by atoms with Gasteiger partial charge in [0.1, 0.15) is 5.76 Å². The third kappa shape index (κ3) is 3.51. The molecule has 0 aliphatic rings. The number of hydrogen-bond donors (Lipinski definition) is 0. The van der Waals surface area contributed by atoms with Gasteiger partial charge >= 0.3 is 0 Å². The molecule has 1 aromatic carbocycles. The van der Waals surface area contributed by atoms with E-state index in [9.17, 15) is 0 Å². The van der Waals surface area contributed by atoms with E-state index in [1.165, 1.54) is 0 Å². The van der Waals surface area contributed by atoms with Crippen LogP contribution in [0.25, 0.3) is 11.4 Å². The smallest absolute Gasteiger partial charge is 0.192 e. The summed E-state index contributed by atoms with van der Waals surface area (Å²) in [4.78, 5) is 0. The van der Waals surface area contributed by atoms with E-state index in [0.717, 1.165) is 38.6 Å². The second-order valence-electron chi connectivity index (χ2n) is 5.01. The van der Waals surface area contributed by atoms with E-state index >= 15 is 0 Å². The molecule has 0 aliphatic heterocycles. The summed E-state index contributed by atoms with van der Waals surface area (Å²) in [5, 5.41) is 10.2. The van der Waals surface area contributed by atoms with Crippen LogP contribution < -0.4 is 0 Å². The lowest BCUT2D eigenvalue weighted by atomic mass is 10.2. The Labute approximate surface area is 144 Å². The third-order valence-corrected chi connectivity index (χ3v) is 4.66. The zero-order chi connectivity index (χ0) is 16.2. The summed E-state index contributed by atoms with van der Waals surface area (Å²) in [6.45, 7) is 6.39. The number of thioether (sulfide) groups is 1. The minimum absolute atomic E-state index is 0.644. The quantitative estimate of drug-likeness (QED) is 0.467. The van der Waals surface area contributed by atoms with Gasteiger partial charge < -0.3 is 4.42 Å². The van der Waals surface area contributed by atoms with Crippen LogP contribution >= 0.6 is 23.4 Å². The van der Waals surface area contributed by atoms with E-state index in [2.05, 4.69) is 16.8 Å². The summed E-state index contributed by atoms with van der Waals surface area (Å²) in [5.74, 6) is 2.40. The van der Waals surface area contributed by atoms with Gasteiger partial charge in [-0.25, -0.2) is 0 Å². The first-order valence-corrected chi connectivity index (χ1v) is 8.51. The molecule has 2 aromatic heterocycles. The molecule has 23 heavy (non-hydrogen) atoms. The Morgan fingerprint density at radius 1 is 1.35 bits per heavy atom. The Hall–Kier alpha value is -1.98. The van der Waals surface area contributed by atoms with Crippen molar-refractivity contribution in [3.05, 3.63) is 65.6 Å². The van der Waals surface area contributed by atoms with Crippen LogP contribution in [0.15, 0.2) is 58.8 Å². The lowest BCUT2D eigenvalue weighted by molar-refractivity contribution is 0.534. The summed E-state index contributed by atoms with van der Waals surface area (Å²) in [5.41, 5.74) is 2.10. The average molecular weight is 346 g/mol. The molecular formula is C17H16ClN3OS. The SMILES string of the molecule is C=CCn1c(SCc2cccc(Cl)c2)nnc1-c1ccoc1C. The molecule has 0 saturated heterocycles. The molecule has 4 nitrogen and oxygen atoms in total. The van der Waals surface area contributed by atoms with Crippen LogP contribution in [0.3, 0.4) is 0 Å². The zero-order valence-electron chi connectivity index (χ0n) is 12.7. The van der Waals surface area contributed by atoms with E-state index < -0.39 is 0 Å². The first kappa shape index (κ1) is 15.9. The van der Waals surface area contributed by atoms with E-state index in [1.807, 2.05) is 47.9 Å². The Kier molecular flexibility index (Phi) is 4.88. The van der Waals surface area contributed by atoms with Gasteiger partial charge in [0.05, 0.1) is 11.8 Å². The number of furan rings is 1. The Bertz CT molecular complexity index is 825. The molecule has 0 aliphatic carbocycles. The van der Waals surface area contributed by atoms with Gasteiger partial charge in [-0.05, 0) is 30.7 Å². The van der Waals surface area contributed by atoms with Crippen LogP contribution in [0.4, 0.5) is 0 Å². The van der Waals surface area contributed by atoms with Crippen LogP contribution in [-0.2, 0) is 12.3 Å². The number of halogens is 1. The predicted octanol–water partition coefficient (Wildman–Crippen LogP) is 4.98. The lowest BCUT2D eigenvalue weighted by Crippen LogP contribution is -2.00. The molecule has 0 amide bonds. The molecular weight excluding hydrogens is 330 g/mol. The highest BCUT2D eigenvalue weighted by atomic mass is 35.5. The number of rotatable bonds is 6. The topological polar surface area (TPSA) is 43.9 Å². The van der Waals surface area contributed by atoms with Gasteiger partial charge in [0.25, 0.3) is 0 Å². The van der Waals surface area contributed by atoms with Gasteiger partial charge in [-0.1, -0.05) is 41.6 Å². The monoisotopic (exact) mass is 345 g/mol. The largest absolute Gasteiger partial charge is 0.469 e. The second kappa shape index (κ2) is 7.06. The zero-order valence-corrected chi connectivity index (χ0v) is 14.3. The molecule has 0 bridgehead atoms. The average Bonchev–Trinajstić information content (AvgIpc) is 3.12. The van der Waals surface area contributed by atoms with Crippen LogP contribution in [0.1, 0.15) is 11.3 Å². The van der Waals surface area contributed by atoms with E-state index in [1.54, 1.807) is 18.0 Å². The maximum absolute atomic E-state index is 6.03. The van der Waals surface area contributed by atoms with Crippen molar-refractivity contribution < 1.29 is 4.42 Å². The van der Waals surface area contributed by atoms with Crippen molar-refractivity contribution in [3.63, 3.8) is 0 Å². The molecule has 0 fully saturated rings. The summed E-state index contributed by atoms with van der Waals surface area (Å²) < 4.78 is 7.42. The van der Waals surface area contributed by atoms with Crippen LogP contribution in [-0.4, -0.2) is 14.8 Å². The molecule has 3 rings (SSSR count). The Morgan fingerprint density at radius 2 is 2.22 bits per heavy atom. The van der Waals surface area contributed by atoms with E-state index in [0.29, 0.717) is 6.54 Å². The molecule has 0 unspecified atom stereocenters. The van der Waals surface area contributed by atoms with Gasteiger partial charge in [0, 0.05) is 17.3 Å². The number of benzene rings is 1. The van der Waals surface area contributed by atoms with Crippen molar-refractivity contribution in [1.29, 1.82) is 0 Å². The van der Waals surface area contributed by atoms with Crippen molar-refractivity contribution in [2.75, 3.05) is 0 Å². The Balaban J connectivity index is 1.86. The maximum atomic E-state index is 6.03. The summed E-state index contributed by atoms with van der Waals surface area (Å²) in [7, 11) is 0. The molecule has 0 radical (unpaired) electrons. The second-order valence-corrected chi connectivity index (χ2v) is 6.39. The number of hydrogen-bond acceptors (Lipinski definition) is 4. The fourth-order valence-corrected chi connectivity index (χ4v) is 3.38. The minimum atomic E-state index is 0.644. The van der Waals surface area contributed by atoms with E-state index in [4.69, 9.17) is 16.0 Å². The molecule has 118 valence electrons. The first-order valence-electron chi connectivity index (χ1n) is 7.15. The molecule has 0 saturated carbocycles. The highest BCUT2D eigenvalue weighted by Crippen LogP contribution is 2.29. The third-order valence-electron chi connectivity index (χ3n) is 3.39. The molecule has 0 spiro atoms. The van der Waals surface area contributed by atoms with Gasteiger partial charge in [0.15, 0.2) is 11.0 Å². The molecule has 6 heteroatoms. The van der Waals surface area contributed by atoms with Gasteiger partial charge in [0.2, 0.25) is 0 Å². The predicted molar refractivity (Wildman–Crippen MR) is 93.7 cm³/mol. The number of nitrogens with zero attached hydrogens (tertiary/aromatic N) is 3. The van der Waals surface area contributed by atoms with E-state index in [-0.39, 0.29) is 0 Å². The minimum Gasteiger partial charge on any atom is -0.469 e. The summed E-state index contributed by atoms with van der Waals surface area (Å²) in [6, 6.07) is 9.74. The fraction of sp³-hybridized carbons (Fsp3) is 0.176. The van der Waals surface area contributed by atoms with Crippen LogP contribution in [0.5, 0.6) is 0 Å². The standard InChI is InChI=1S/C17H16ClN3OS/c1-3-8-21-16(15-7-9-22-12(15)2)19-20-17(21)23-11-13-5-4-6-14(18)10-13/h3-7,9-10H,1,8,11H2,2H3. The highest BCUT2D eigenvalue weighted by Gasteiger charge is 2.16. The number of aryl methyl sites for hydroxylation is 1. The fourth-order valence-electron chi connectivity index (χ4n) is 2.28. The van der Waals surface area contributed by atoms with Crippen molar-refractivity contribution >= 4 is 23.4 Å². The number of aromatic nitrogens is 3. The van der Waals surface area contributed by atoms with Crippen molar-refractivity contribution in [2.24, 2.45) is 0 Å². The summed E-state index contributed by atoms with van der Waals surface area (Å²) in [6.07, 6.45) is 3.50. The maximum Gasteiger partial charge on any atom is 0.192 e. The van der Waals surface area contributed by atoms with Crippen molar-refractivity contribution in [3.8, 4) is 11.4 Å². The van der Waals surface area contributed by atoms with Gasteiger partial charge in [-0.15, -0.1) is 16.8 Å². The molecule has 3 aromatic rings. The first-order chi connectivity index (χ1) is 11.2.